The predicted molar refractivity (Wildman–Crippen MR) is 73.8 cm³/mol. The number of halogens is 1. The molecule has 0 saturated carbocycles. The van der Waals surface area contributed by atoms with Crippen LogP contribution in [0.5, 0.6) is 0 Å². The maximum Gasteiger partial charge on any atom is 0.136 e. The van der Waals surface area contributed by atoms with Gasteiger partial charge in [0.05, 0.1) is 0 Å². The fourth-order valence-corrected chi connectivity index (χ4v) is 2.02. The van der Waals surface area contributed by atoms with E-state index in [1.54, 1.807) is 0 Å². The molecule has 1 saturated heterocycles. The van der Waals surface area contributed by atoms with Crippen molar-refractivity contribution in [2.45, 2.75) is 6.42 Å². The van der Waals surface area contributed by atoms with Gasteiger partial charge in [-0.25, -0.2) is 4.98 Å². The average molecular weight is 247 g/mol. The Morgan fingerprint density at radius 3 is 2.35 bits per heavy atom. The minimum Gasteiger partial charge on any atom is -0.356 e. The molecule has 2 heterocycles. The second-order valence-corrected chi connectivity index (χ2v) is 4.08. The fraction of sp³-hybridized carbons (Fsp3) is 0.214. The number of hydrogen-bond donors (Lipinski definition) is 0. The van der Waals surface area contributed by atoms with Crippen LogP contribution in [0.2, 0.25) is 0 Å². The molecule has 1 aliphatic rings. The van der Waals surface area contributed by atoms with Gasteiger partial charge in [-0.3, -0.25) is 0 Å². The highest BCUT2D eigenvalue weighted by Crippen LogP contribution is 2.30. The Kier molecular flexibility index (Phi) is 3.64. The predicted octanol–water partition coefficient (Wildman–Crippen LogP) is 3.38. The first-order chi connectivity index (χ1) is 7.95. The first kappa shape index (κ1) is 11.9. The lowest BCUT2D eigenvalue weighted by molar-refractivity contribution is 0.610. The van der Waals surface area contributed by atoms with Gasteiger partial charge in [-0.15, -0.1) is 12.4 Å². The molecule has 0 aliphatic carbocycles. The van der Waals surface area contributed by atoms with Gasteiger partial charge in [0.15, 0.2) is 0 Å². The van der Waals surface area contributed by atoms with Crippen LogP contribution in [-0.4, -0.2) is 18.1 Å². The lowest BCUT2D eigenvalue weighted by Gasteiger charge is -2.33. The summed E-state index contributed by atoms with van der Waals surface area (Å²) in [5.74, 6) is 1.12. The van der Waals surface area contributed by atoms with Gasteiger partial charge < -0.3 is 4.90 Å². The molecule has 0 atom stereocenters. The van der Waals surface area contributed by atoms with Crippen molar-refractivity contribution in [2.24, 2.45) is 0 Å². The second-order valence-electron chi connectivity index (χ2n) is 4.08. The molecule has 1 aliphatic heterocycles. The van der Waals surface area contributed by atoms with Crippen LogP contribution in [0.4, 0.5) is 5.82 Å². The zero-order chi connectivity index (χ0) is 10.8. The van der Waals surface area contributed by atoms with Gasteiger partial charge in [-0.2, -0.15) is 0 Å². The molecule has 17 heavy (non-hydrogen) atoms. The van der Waals surface area contributed by atoms with Crippen molar-refractivity contribution in [3.05, 3.63) is 48.7 Å². The summed E-state index contributed by atoms with van der Waals surface area (Å²) in [6.45, 7) is 2.27. The number of aromatic nitrogens is 1. The monoisotopic (exact) mass is 246 g/mol. The number of pyridine rings is 1. The minimum atomic E-state index is 0. The molecule has 1 aromatic carbocycles. The van der Waals surface area contributed by atoms with E-state index < -0.39 is 0 Å². The Hall–Kier alpha value is -1.54. The van der Waals surface area contributed by atoms with Crippen molar-refractivity contribution in [1.29, 1.82) is 0 Å². The normalized spacial score (nSPS) is 13.8. The number of nitrogens with zero attached hydrogens (tertiary/aromatic N) is 2. The van der Waals surface area contributed by atoms with Gasteiger partial charge in [-0.1, -0.05) is 30.3 Å². The molecule has 3 rings (SSSR count). The van der Waals surface area contributed by atoms with E-state index in [1.165, 1.54) is 17.5 Å². The lowest BCUT2D eigenvalue weighted by Crippen LogP contribution is -2.37. The van der Waals surface area contributed by atoms with E-state index in [-0.39, 0.29) is 12.4 Å². The molecular formula is C14H15ClN2. The van der Waals surface area contributed by atoms with Crippen LogP contribution in [0.3, 0.4) is 0 Å². The van der Waals surface area contributed by atoms with Crippen LogP contribution in [-0.2, 0) is 0 Å². The van der Waals surface area contributed by atoms with Crippen LogP contribution in [0.25, 0.3) is 11.1 Å². The van der Waals surface area contributed by atoms with Crippen LogP contribution < -0.4 is 4.90 Å². The maximum absolute atomic E-state index is 4.50. The van der Waals surface area contributed by atoms with Crippen LogP contribution in [0.15, 0.2) is 48.7 Å². The van der Waals surface area contributed by atoms with Crippen molar-refractivity contribution in [3.8, 4) is 11.1 Å². The van der Waals surface area contributed by atoms with Gasteiger partial charge in [-0.05, 0) is 24.1 Å². The summed E-state index contributed by atoms with van der Waals surface area (Å²) in [5.41, 5.74) is 2.49. The molecule has 0 bridgehead atoms. The largest absolute Gasteiger partial charge is 0.356 e. The van der Waals surface area contributed by atoms with E-state index in [4.69, 9.17) is 0 Å². The smallest absolute Gasteiger partial charge is 0.136 e. The first-order valence-electron chi connectivity index (χ1n) is 5.70. The fourth-order valence-electron chi connectivity index (χ4n) is 2.02. The number of rotatable bonds is 2. The molecule has 0 radical (unpaired) electrons. The average Bonchev–Trinajstić information content (AvgIpc) is 2.29. The summed E-state index contributed by atoms with van der Waals surface area (Å²) in [6.07, 6.45) is 3.16. The summed E-state index contributed by atoms with van der Waals surface area (Å²) >= 11 is 0. The van der Waals surface area contributed by atoms with E-state index in [0.29, 0.717) is 0 Å². The van der Waals surface area contributed by atoms with E-state index in [9.17, 15) is 0 Å². The molecule has 2 nitrogen and oxygen atoms in total. The third-order valence-corrected chi connectivity index (χ3v) is 3.03. The Labute approximate surface area is 108 Å². The first-order valence-corrected chi connectivity index (χ1v) is 5.70. The van der Waals surface area contributed by atoms with Crippen molar-refractivity contribution >= 4 is 18.2 Å². The quantitative estimate of drug-likeness (QED) is 0.808. The molecule has 0 unspecified atom stereocenters. The minimum absolute atomic E-state index is 0. The van der Waals surface area contributed by atoms with Crippen molar-refractivity contribution in [3.63, 3.8) is 0 Å². The Balaban J connectivity index is 0.00000108. The highest BCUT2D eigenvalue weighted by atomic mass is 35.5. The van der Waals surface area contributed by atoms with Crippen molar-refractivity contribution in [2.75, 3.05) is 18.0 Å². The van der Waals surface area contributed by atoms with Gasteiger partial charge in [0, 0.05) is 24.8 Å². The zero-order valence-electron chi connectivity index (χ0n) is 9.54. The van der Waals surface area contributed by atoms with Gasteiger partial charge in [0.1, 0.15) is 5.82 Å². The maximum atomic E-state index is 4.50. The Morgan fingerprint density at radius 1 is 0.941 bits per heavy atom. The molecule has 88 valence electrons. The molecule has 0 spiro atoms. The highest BCUT2D eigenvalue weighted by Gasteiger charge is 2.18. The zero-order valence-corrected chi connectivity index (χ0v) is 10.4. The third kappa shape index (κ3) is 2.27. The number of anilines is 1. The van der Waals surface area contributed by atoms with E-state index in [2.05, 4.69) is 40.2 Å². The molecule has 0 amide bonds. The third-order valence-electron chi connectivity index (χ3n) is 3.03. The summed E-state index contributed by atoms with van der Waals surface area (Å²) < 4.78 is 0. The van der Waals surface area contributed by atoms with Crippen molar-refractivity contribution in [1.82, 2.24) is 4.98 Å². The topological polar surface area (TPSA) is 16.1 Å². The molecule has 1 aromatic heterocycles. The molecule has 0 N–H and O–H groups in total. The molecule has 2 aromatic rings. The number of benzene rings is 1. The van der Waals surface area contributed by atoms with Gasteiger partial charge in [0.2, 0.25) is 0 Å². The van der Waals surface area contributed by atoms with Crippen molar-refractivity contribution < 1.29 is 0 Å². The SMILES string of the molecule is Cl.c1ccc(-c2cccnc2N2CCC2)cc1. The van der Waals surface area contributed by atoms with Gasteiger partial charge in [0.25, 0.3) is 0 Å². The highest BCUT2D eigenvalue weighted by molar-refractivity contribution is 5.85. The Bertz CT molecular complexity index is 481. The van der Waals surface area contributed by atoms with Crippen LogP contribution in [0, 0.1) is 0 Å². The van der Waals surface area contributed by atoms with Crippen LogP contribution >= 0.6 is 12.4 Å². The second kappa shape index (κ2) is 5.19. The summed E-state index contributed by atoms with van der Waals surface area (Å²) in [6, 6.07) is 14.6. The molecular weight excluding hydrogens is 232 g/mol. The standard InChI is InChI=1S/C14H14N2.ClH/c1-2-6-12(7-3-1)13-8-4-9-15-14(13)16-10-5-11-16;/h1-4,6-9H,5,10-11H2;1H. The molecule has 3 heteroatoms. The van der Waals surface area contributed by atoms with E-state index in [1.807, 2.05) is 18.3 Å². The summed E-state index contributed by atoms with van der Waals surface area (Å²) in [7, 11) is 0. The van der Waals surface area contributed by atoms with E-state index >= 15 is 0 Å². The van der Waals surface area contributed by atoms with E-state index in [0.717, 1.165) is 18.9 Å². The summed E-state index contributed by atoms with van der Waals surface area (Å²) in [5, 5.41) is 0. The van der Waals surface area contributed by atoms with Crippen LogP contribution in [0.1, 0.15) is 6.42 Å². The molecule has 1 fully saturated rings. The Morgan fingerprint density at radius 2 is 1.71 bits per heavy atom. The summed E-state index contributed by atoms with van der Waals surface area (Å²) in [4.78, 5) is 6.84. The van der Waals surface area contributed by atoms with Gasteiger partial charge >= 0.3 is 0 Å². The lowest BCUT2D eigenvalue weighted by atomic mass is 10.0. The number of hydrogen-bond acceptors (Lipinski definition) is 2.